The molecule has 0 saturated carbocycles. The number of hydrogen-bond donors (Lipinski definition) is 5. The number of Topliss-reactive ketones (excluding diaryl/α,β-unsaturated/α-hetero) is 1. The van der Waals surface area contributed by atoms with Gasteiger partial charge in [-0.1, -0.05) is 42.5 Å². The second-order valence-corrected chi connectivity index (χ2v) is 6.62. The zero-order chi connectivity index (χ0) is 22.4. The van der Waals surface area contributed by atoms with Gasteiger partial charge < -0.3 is 30.3 Å². The SMILES string of the molecule is C[C@@H](O)[C@@H](O)[C@H](O)[C@@H](O)C(=O)C(OC(=O)c1ccccc1C(=O)O)c1ccccc1. The minimum absolute atomic E-state index is 0.154. The molecule has 0 amide bonds. The fraction of sp³-hybridized carbons (Fsp3) is 0.286. The van der Waals surface area contributed by atoms with Crippen LogP contribution in [0.15, 0.2) is 54.6 Å². The number of hydrogen-bond acceptors (Lipinski definition) is 8. The number of carbonyl (C=O) groups excluding carboxylic acids is 2. The van der Waals surface area contributed by atoms with Gasteiger partial charge >= 0.3 is 11.9 Å². The number of ether oxygens (including phenoxy) is 1. The maximum absolute atomic E-state index is 12.8. The van der Waals surface area contributed by atoms with Gasteiger partial charge in [0.2, 0.25) is 5.78 Å². The monoisotopic (exact) mass is 418 g/mol. The Balaban J connectivity index is 2.37. The standard InChI is InChI=1S/C21H22O9/c1-11(22)15(23)16(24)17(25)18(26)19(12-7-3-2-4-8-12)30-21(29)14-10-6-5-9-13(14)20(27)28/h2-11,15-17,19,22-25H,1H3,(H,27,28)/t11-,15-,16+,17-,19?/m1/s1. The Hall–Kier alpha value is -3.11. The van der Waals surface area contributed by atoms with Gasteiger partial charge in [0, 0.05) is 5.56 Å². The van der Waals surface area contributed by atoms with Gasteiger partial charge in [-0.15, -0.1) is 0 Å². The van der Waals surface area contributed by atoms with Crippen LogP contribution in [-0.2, 0) is 9.53 Å². The van der Waals surface area contributed by atoms with Crippen LogP contribution in [-0.4, -0.2) is 67.7 Å². The lowest BCUT2D eigenvalue weighted by atomic mass is 9.95. The highest BCUT2D eigenvalue weighted by Crippen LogP contribution is 2.24. The van der Waals surface area contributed by atoms with Gasteiger partial charge in [-0.2, -0.15) is 0 Å². The number of ketones is 1. The Labute approximate surface area is 171 Å². The number of carboxylic acid groups (broad SMARTS) is 1. The van der Waals surface area contributed by atoms with Crippen molar-refractivity contribution in [1.29, 1.82) is 0 Å². The number of carboxylic acids is 1. The van der Waals surface area contributed by atoms with E-state index in [9.17, 15) is 39.9 Å². The summed E-state index contributed by atoms with van der Waals surface area (Å²) in [4.78, 5) is 36.8. The third-order valence-corrected chi connectivity index (χ3v) is 4.42. The average molecular weight is 418 g/mol. The third-order valence-electron chi connectivity index (χ3n) is 4.42. The fourth-order valence-corrected chi connectivity index (χ4v) is 2.73. The van der Waals surface area contributed by atoms with Crippen molar-refractivity contribution in [3.05, 3.63) is 71.3 Å². The number of aliphatic hydroxyl groups excluding tert-OH is 4. The van der Waals surface area contributed by atoms with Crippen molar-refractivity contribution in [2.24, 2.45) is 0 Å². The lowest BCUT2D eigenvalue weighted by Crippen LogP contribution is -2.48. The number of benzene rings is 2. The highest BCUT2D eigenvalue weighted by molar-refractivity contribution is 6.03. The first kappa shape index (κ1) is 23.2. The van der Waals surface area contributed by atoms with E-state index in [1.807, 2.05) is 0 Å². The summed E-state index contributed by atoms with van der Waals surface area (Å²) in [6.07, 6.45) is -9.21. The molecule has 1 unspecified atom stereocenters. The summed E-state index contributed by atoms with van der Waals surface area (Å²) in [6.45, 7) is 1.16. The van der Waals surface area contributed by atoms with E-state index < -0.39 is 48.2 Å². The average Bonchev–Trinajstić information content (AvgIpc) is 2.75. The first-order chi connectivity index (χ1) is 14.1. The molecule has 2 rings (SSSR count). The number of esters is 1. The third kappa shape index (κ3) is 5.28. The van der Waals surface area contributed by atoms with Gasteiger partial charge in [0.25, 0.3) is 0 Å². The van der Waals surface area contributed by atoms with E-state index in [1.165, 1.54) is 36.4 Å². The van der Waals surface area contributed by atoms with Gasteiger partial charge in [-0.05, 0) is 19.1 Å². The Morgan fingerprint density at radius 2 is 1.33 bits per heavy atom. The lowest BCUT2D eigenvalue weighted by molar-refractivity contribution is -0.152. The predicted octanol–water partition coefficient (Wildman–Crippen LogP) is 0.315. The highest BCUT2D eigenvalue weighted by atomic mass is 16.5. The molecule has 0 aliphatic rings. The van der Waals surface area contributed by atoms with Crippen molar-refractivity contribution in [2.45, 2.75) is 37.4 Å². The predicted molar refractivity (Wildman–Crippen MR) is 103 cm³/mol. The lowest BCUT2D eigenvalue weighted by Gasteiger charge is -2.27. The Kier molecular flexibility index (Phi) is 7.79. The van der Waals surface area contributed by atoms with E-state index in [0.29, 0.717) is 0 Å². The van der Waals surface area contributed by atoms with Crippen molar-refractivity contribution < 1.29 is 44.7 Å². The van der Waals surface area contributed by atoms with Crippen LogP contribution in [0.3, 0.4) is 0 Å². The van der Waals surface area contributed by atoms with Gasteiger partial charge in [0.05, 0.1) is 17.2 Å². The first-order valence-corrected chi connectivity index (χ1v) is 8.99. The second kappa shape index (κ2) is 10.1. The van der Waals surface area contributed by atoms with Crippen LogP contribution in [0.1, 0.15) is 39.3 Å². The molecule has 2 aromatic carbocycles. The molecule has 2 aromatic rings. The number of rotatable bonds is 9. The number of aliphatic hydroxyl groups is 4. The van der Waals surface area contributed by atoms with E-state index in [4.69, 9.17) is 4.74 Å². The molecule has 160 valence electrons. The highest BCUT2D eigenvalue weighted by Gasteiger charge is 2.38. The molecule has 30 heavy (non-hydrogen) atoms. The van der Waals surface area contributed by atoms with E-state index in [1.54, 1.807) is 18.2 Å². The molecule has 5 N–H and O–H groups in total. The van der Waals surface area contributed by atoms with E-state index in [-0.39, 0.29) is 16.7 Å². The van der Waals surface area contributed by atoms with Crippen LogP contribution < -0.4 is 0 Å². The van der Waals surface area contributed by atoms with Crippen LogP contribution in [0.25, 0.3) is 0 Å². The Bertz CT molecular complexity index is 894. The van der Waals surface area contributed by atoms with Crippen molar-refractivity contribution >= 4 is 17.7 Å². The molecule has 9 heteroatoms. The van der Waals surface area contributed by atoms with E-state index in [2.05, 4.69) is 0 Å². The normalized spacial score (nSPS) is 16.0. The summed E-state index contributed by atoms with van der Waals surface area (Å²) in [7, 11) is 0. The number of aromatic carboxylic acids is 1. The summed E-state index contributed by atoms with van der Waals surface area (Å²) in [5.41, 5.74) is -0.494. The first-order valence-electron chi connectivity index (χ1n) is 8.99. The van der Waals surface area contributed by atoms with Crippen LogP contribution in [0, 0.1) is 0 Å². The van der Waals surface area contributed by atoms with E-state index >= 15 is 0 Å². The topological polar surface area (TPSA) is 162 Å². The maximum atomic E-state index is 12.8. The quantitative estimate of drug-likeness (QED) is 0.361. The molecule has 0 aliphatic carbocycles. The minimum atomic E-state index is -2.19. The zero-order valence-electron chi connectivity index (χ0n) is 16.0. The summed E-state index contributed by atoms with van der Waals surface area (Å²) < 4.78 is 5.22. The summed E-state index contributed by atoms with van der Waals surface area (Å²) in [5.74, 6) is -3.66. The molecular formula is C21H22O9. The largest absolute Gasteiger partial charge is 0.478 e. The molecule has 0 bridgehead atoms. The summed E-state index contributed by atoms with van der Waals surface area (Å²) >= 11 is 0. The fourth-order valence-electron chi connectivity index (χ4n) is 2.73. The van der Waals surface area contributed by atoms with E-state index in [0.717, 1.165) is 6.92 Å². The van der Waals surface area contributed by atoms with Gasteiger partial charge in [0.15, 0.2) is 6.10 Å². The molecule has 5 atom stereocenters. The number of carbonyl (C=O) groups is 3. The van der Waals surface area contributed by atoms with Crippen molar-refractivity contribution in [2.75, 3.05) is 0 Å². The van der Waals surface area contributed by atoms with Crippen molar-refractivity contribution in [3.8, 4) is 0 Å². The van der Waals surface area contributed by atoms with Crippen LogP contribution >= 0.6 is 0 Å². The smallest absolute Gasteiger partial charge is 0.340 e. The Morgan fingerprint density at radius 3 is 1.87 bits per heavy atom. The molecule has 0 fully saturated rings. The minimum Gasteiger partial charge on any atom is -0.478 e. The maximum Gasteiger partial charge on any atom is 0.340 e. The molecule has 0 spiro atoms. The Morgan fingerprint density at radius 1 is 0.800 bits per heavy atom. The molecule has 9 nitrogen and oxygen atoms in total. The van der Waals surface area contributed by atoms with Gasteiger partial charge in [0.1, 0.15) is 18.3 Å². The molecule has 0 saturated heterocycles. The van der Waals surface area contributed by atoms with Crippen LogP contribution in [0.5, 0.6) is 0 Å². The second-order valence-electron chi connectivity index (χ2n) is 6.62. The molecule has 0 radical (unpaired) electrons. The molecular weight excluding hydrogens is 396 g/mol. The van der Waals surface area contributed by atoms with Gasteiger partial charge in [-0.25, -0.2) is 9.59 Å². The summed E-state index contributed by atoms with van der Waals surface area (Å²) in [6, 6.07) is 12.8. The van der Waals surface area contributed by atoms with Crippen molar-refractivity contribution in [1.82, 2.24) is 0 Å². The molecule has 0 aliphatic heterocycles. The summed E-state index contributed by atoms with van der Waals surface area (Å²) in [5, 5.41) is 48.6. The molecule has 0 heterocycles. The van der Waals surface area contributed by atoms with Crippen molar-refractivity contribution in [3.63, 3.8) is 0 Å². The van der Waals surface area contributed by atoms with Crippen LogP contribution in [0.4, 0.5) is 0 Å². The van der Waals surface area contributed by atoms with Gasteiger partial charge in [-0.3, -0.25) is 4.79 Å². The zero-order valence-corrected chi connectivity index (χ0v) is 16.0. The molecule has 0 aromatic heterocycles. The van der Waals surface area contributed by atoms with Crippen LogP contribution in [0.2, 0.25) is 0 Å².